The van der Waals surface area contributed by atoms with E-state index < -0.39 is 0 Å². The molecule has 0 aliphatic heterocycles. The monoisotopic (exact) mass is 297 g/mol. The fourth-order valence-corrected chi connectivity index (χ4v) is 2.61. The van der Waals surface area contributed by atoms with E-state index in [0.717, 1.165) is 27.6 Å². The van der Waals surface area contributed by atoms with E-state index in [9.17, 15) is 5.11 Å². The van der Waals surface area contributed by atoms with Gasteiger partial charge in [-0.3, -0.25) is 4.98 Å². The number of pyridine rings is 2. The molecule has 22 heavy (non-hydrogen) atoms. The van der Waals surface area contributed by atoms with Crippen LogP contribution in [0.3, 0.4) is 0 Å². The summed E-state index contributed by atoms with van der Waals surface area (Å²) in [5.41, 5.74) is 1.75. The van der Waals surface area contributed by atoms with Gasteiger partial charge in [0.15, 0.2) is 0 Å². The number of aliphatic hydroxyl groups excluding tert-OH is 2. The second-order valence-electron chi connectivity index (χ2n) is 5.17. The molecule has 0 radical (unpaired) electrons. The first-order valence-corrected chi connectivity index (χ1v) is 7.44. The quantitative estimate of drug-likeness (QED) is 0.681. The molecule has 0 aliphatic rings. The maximum absolute atomic E-state index is 9.24. The number of rotatable bonds is 6. The van der Waals surface area contributed by atoms with Crippen LogP contribution in [0.15, 0.2) is 42.6 Å². The predicted molar refractivity (Wildman–Crippen MR) is 88.0 cm³/mol. The van der Waals surface area contributed by atoms with Crippen LogP contribution >= 0.6 is 0 Å². The number of hydrogen-bond acceptors (Lipinski definition) is 5. The number of aliphatic hydroxyl groups is 2. The Kier molecular flexibility index (Phi) is 4.46. The van der Waals surface area contributed by atoms with Crippen molar-refractivity contribution in [2.75, 3.05) is 31.2 Å². The summed E-state index contributed by atoms with van der Waals surface area (Å²) in [6.45, 7) is 1.34. The molecule has 0 unspecified atom stereocenters. The minimum Gasteiger partial charge on any atom is -0.396 e. The Hall–Kier alpha value is -2.24. The summed E-state index contributed by atoms with van der Waals surface area (Å²) in [6.07, 6.45) is 2.42. The van der Waals surface area contributed by atoms with E-state index in [4.69, 9.17) is 10.1 Å². The molecule has 0 fully saturated rings. The third kappa shape index (κ3) is 2.86. The molecule has 2 N–H and O–H groups in total. The van der Waals surface area contributed by atoms with Gasteiger partial charge in [-0.25, -0.2) is 4.98 Å². The lowest BCUT2D eigenvalue weighted by Gasteiger charge is -2.22. The molecule has 114 valence electrons. The van der Waals surface area contributed by atoms with E-state index >= 15 is 0 Å². The molecule has 0 amide bonds. The van der Waals surface area contributed by atoms with Gasteiger partial charge >= 0.3 is 0 Å². The van der Waals surface area contributed by atoms with Crippen molar-refractivity contribution in [3.05, 3.63) is 42.6 Å². The van der Waals surface area contributed by atoms with Crippen LogP contribution in [0.4, 0.5) is 5.82 Å². The fraction of sp³-hybridized carbons (Fsp3) is 0.294. The molecule has 5 nitrogen and oxygen atoms in total. The standard InChI is InChI=1S/C17H19N3O2/c21-11-2-9-20(10-12-22)15-7-6-14-5-4-13-3-1-8-18-16(13)17(14)19-15/h1,3-8,21-22H,2,9-12H2. The van der Waals surface area contributed by atoms with Gasteiger partial charge in [-0.15, -0.1) is 0 Å². The predicted octanol–water partition coefficient (Wildman–Crippen LogP) is 1.96. The lowest BCUT2D eigenvalue weighted by molar-refractivity contribution is 0.281. The Morgan fingerprint density at radius 2 is 1.64 bits per heavy atom. The lowest BCUT2D eigenvalue weighted by Crippen LogP contribution is -2.29. The molecule has 0 atom stereocenters. The summed E-state index contributed by atoms with van der Waals surface area (Å²) < 4.78 is 0. The third-order valence-electron chi connectivity index (χ3n) is 3.70. The molecule has 1 aromatic carbocycles. The van der Waals surface area contributed by atoms with Crippen molar-refractivity contribution in [3.8, 4) is 0 Å². The first-order chi connectivity index (χ1) is 10.8. The van der Waals surface area contributed by atoms with E-state index in [1.165, 1.54) is 0 Å². The molecule has 5 heteroatoms. The normalized spacial score (nSPS) is 11.2. The topological polar surface area (TPSA) is 69.5 Å². The van der Waals surface area contributed by atoms with Crippen LogP contribution in [0.5, 0.6) is 0 Å². The van der Waals surface area contributed by atoms with Gasteiger partial charge in [-0.05, 0) is 24.6 Å². The SMILES string of the molecule is OCCCN(CCO)c1ccc2ccc3cccnc3c2n1. The molecular weight excluding hydrogens is 278 g/mol. The van der Waals surface area contributed by atoms with Crippen molar-refractivity contribution < 1.29 is 10.2 Å². The highest BCUT2D eigenvalue weighted by Gasteiger charge is 2.10. The third-order valence-corrected chi connectivity index (χ3v) is 3.70. The van der Waals surface area contributed by atoms with Crippen molar-refractivity contribution in [2.24, 2.45) is 0 Å². The summed E-state index contributed by atoms with van der Waals surface area (Å²) in [7, 11) is 0. The van der Waals surface area contributed by atoms with Crippen molar-refractivity contribution in [2.45, 2.75) is 6.42 Å². The average Bonchev–Trinajstić information content (AvgIpc) is 2.58. The Morgan fingerprint density at radius 3 is 2.41 bits per heavy atom. The van der Waals surface area contributed by atoms with Crippen LogP contribution in [-0.4, -0.2) is 46.5 Å². The zero-order valence-corrected chi connectivity index (χ0v) is 12.3. The van der Waals surface area contributed by atoms with Gasteiger partial charge < -0.3 is 15.1 Å². The highest BCUT2D eigenvalue weighted by atomic mass is 16.3. The maximum atomic E-state index is 9.24. The molecule has 0 aliphatic carbocycles. The zero-order chi connectivity index (χ0) is 15.4. The Morgan fingerprint density at radius 1 is 0.864 bits per heavy atom. The highest BCUT2D eigenvalue weighted by Crippen LogP contribution is 2.24. The second kappa shape index (κ2) is 6.68. The number of fused-ring (bicyclic) bond motifs is 3. The molecule has 3 rings (SSSR count). The summed E-state index contributed by atoms with van der Waals surface area (Å²) in [5.74, 6) is 0.799. The first-order valence-electron chi connectivity index (χ1n) is 7.44. The Labute approximate surface area is 128 Å². The molecule has 0 spiro atoms. The maximum Gasteiger partial charge on any atom is 0.129 e. The Bertz CT molecular complexity index is 776. The van der Waals surface area contributed by atoms with E-state index in [-0.39, 0.29) is 13.2 Å². The van der Waals surface area contributed by atoms with Crippen LogP contribution in [0.25, 0.3) is 21.8 Å². The van der Waals surface area contributed by atoms with Crippen LogP contribution in [0.1, 0.15) is 6.42 Å². The number of nitrogens with zero attached hydrogens (tertiary/aromatic N) is 3. The van der Waals surface area contributed by atoms with E-state index in [0.29, 0.717) is 19.5 Å². The molecule has 2 heterocycles. The van der Waals surface area contributed by atoms with Crippen LogP contribution in [-0.2, 0) is 0 Å². The molecule has 0 saturated heterocycles. The van der Waals surface area contributed by atoms with E-state index in [1.54, 1.807) is 6.20 Å². The van der Waals surface area contributed by atoms with Gasteiger partial charge in [0.05, 0.1) is 17.6 Å². The van der Waals surface area contributed by atoms with Crippen LogP contribution < -0.4 is 4.90 Å². The highest BCUT2D eigenvalue weighted by molar-refractivity contribution is 6.03. The van der Waals surface area contributed by atoms with Crippen molar-refractivity contribution >= 4 is 27.6 Å². The lowest BCUT2D eigenvalue weighted by atomic mass is 10.1. The largest absolute Gasteiger partial charge is 0.396 e. The van der Waals surface area contributed by atoms with Gasteiger partial charge in [0.25, 0.3) is 0 Å². The van der Waals surface area contributed by atoms with Gasteiger partial charge in [-0.2, -0.15) is 0 Å². The smallest absolute Gasteiger partial charge is 0.129 e. The van der Waals surface area contributed by atoms with Gasteiger partial charge in [0, 0.05) is 36.7 Å². The number of anilines is 1. The van der Waals surface area contributed by atoms with Gasteiger partial charge in [0.2, 0.25) is 0 Å². The average molecular weight is 297 g/mol. The molecular formula is C17H19N3O2. The second-order valence-corrected chi connectivity index (χ2v) is 5.17. The number of benzene rings is 1. The molecule has 3 aromatic rings. The minimum atomic E-state index is 0.0545. The van der Waals surface area contributed by atoms with Crippen molar-refractivity contribution in [1.29, 1.82) is 0 Å². The number of hydrogen-bond donors (Lipinski definition) is 2. The van der Waals surface area contributed by atoms with Gasteiger partial charge in [0.1, 0.15) is 5.82 Å². The van der Waals surface area contributed by atoms with Crippen LogP contribution in [0, 0.1) is 0 Å². The van der Waals surface area contributed by atoms with Crippen molar-refractivity contribution in [3.63, 3.8) is 0 Å². The van der Waals surface area contributed by atoms with E-state index in [2.05, 4.69) is 4.98 Å². The van der Waals surface area contributed by atoms with E-state index in [1.807, 2.05) is 41.3 Å². The first kappa shape index (κ1) is 14.7. The molecule has 2 aromatic heterocycles. The van der Waals surface area contributed by atoms with Crippen molar-refractivity contribution in [1.82, 2.24) is 9.97 Å². The zero-order valence-electron chi connectivity index (χ0n) is 12.3. The molecule has 0 bridgehead atoms. The number of aromatic nitrogens is 2. The Balaban J connectivity index is 2.08. The summed E-state index contributed by atoms with van der Waals surface area (Å²) in [4.78, 5) is 11.2. The van der Waals surface area contributed by atoms with Gasteiger partial charge in [-0.1, -0.05) is 18.2 Å². The van der Waals surface area contributed by atoms with Crippen LogP contribution in [0.2, 0.25) is 0 Å². The summed E-state index contributed by atoms with van der Waals surface area (Å²) in [6, 6.07) is 12.0. The minimum absolute atomic E-state index is 0.0545. The molecule has 0 saturated carbocycles. The fourth-order valence-electron chi connectivity index (χ4n) is 2.61. The summed E-state index contributed by atoms with van der Waals surface area (Å²) in [5, 5.41) is 20.4. The summed E-state index contributed by atoms with van der Waals surface area (Å²) >= 11 is 0.